The lowest BCUT2D eigenvalue weighted by atomic mass is 10.1. The third-order valence-electron chi connectivity index (χ3n) is 5.19. The van der Waals surface area contributed by atoms with Crippen LogP contribution in [0.5, 0.6) is 5.75 Å². The number of oxime groups is 1. The summed E-state index contributed by atoms with van der Waals surface area (Å²) >= 11 is 2.29. The number of aromatic nitrogens is 2. The van der Waals surface area contributed by atoms with Crippen molar-refractivity contribution in [3.05, 3.63) is 89.5 Å². The monoisotopic (exact) mass is 586 g/mol. The molecule has 0 saturated heterocycles. The first-order valence-corrected chi connectivity index (χ1v) is 12.5. The molecule has 0 bridgehead atoms. The van der Waals surface area contributed by atoms with Crippen LogP contribution in [0.3, 0.4) is 0 Å². The van der Waals surface area contributed by atoms with Crippen LogP contribution >= 0.6 is 22.6 Å². The van der Waals surface area contributed by atoms with Gasteiger partial charge in [-0.25, -0.2) is 14.4 Å². The maximum atomic E-state index is 13.5. The fraction of sp³-hybridized carbons (Fsp3) is 0.192. The summed E-state index contributed by atoms with van der Waals surface area (Å²) in [5.41, 5.74) is 4.98. The van der Waals surface area contributed by atoms with Gasteiger partial charge in [-0.3, -0.25) is 0 Å². The molecule has 1 aromatic heterocycles. The van der Waals surface area contributed by atoms with E-state index < -0.39 is 0 Å². The molecule has 7 nitrogen and oxygen atoms in total. The third kappa shape index (κ3) is 6.43. The van der Waals surface area contributed by atoms with Crippen LogP contribution < -0.4 is 10.1 Å². The topological polar surface area (TPSA) is 88.9 Å². The van der Waals surface area contributed by atoms with Gasteiger partial charge in [0.2, 0.25) is 0 Å². The van der Waals surface area contributed by atoms with Gasteiger partial charge in [0, 0.05) is 21.1 Å². The molecule has 0 aliphatic carbocycles. The average Bonchev–Trinajstić information content (AvgIpc) is 2.88. The summed E-state index contributed by atoms with van der Waals surface area (Å²) in [6.45, 7) is 2.17. The summed E-state index contributed by atoms with van der Waals surface area (Å²) in [6, 6.07) is 18.0. The molecule has 0 saturated carbocycles. The van der Waals surface area contributed by atoms with Crippen LogP contribution in [-0.2, 0) is 15.9 Å². The van der Waals surface area contributed by atoms with E-state index in [1.54, 1.807) is 6.07 Å². The van der Waals surface area contributed by atoms with Gasteiger partial charge in [-0.1, -0.05) is 45.9 Å². The molecule has 180 valence electrons. The Labute approximate surface area is 216 Å². The summed E-state index contributed by atoms with van der Waals surface area (Å²) in [4.78, 5) is 13.9. The first kappa shape index (κ1) is 24.8. The number of nitrogens with one attached hydrogen (secondary N) is 1. The van der Waals surface area contributed by atoms with Gasteiger partial charge in [0.05, 0.1) is 17.8 Å². The number of anilines is 2. The largest absolute Gasteiger partial charge is 0.489 e. The lowest BCUT2D eigenvalue weighted by Crippen LogP contribution is -2.02. The van der Waals surface area contributed by atoms with Crippen LogP contribution in [0.2, 0.25) is 0 Å². The molecule has 0 fully saturated rings. The molecule has 35 heavy (non-hydrogen) atoms. The minimum absolute atomic E-state index is 0.0930. The third-order valence-corrected chi connectivity index (χ3v) is 6.01. The predicted octanol–water partition coefficient (Wildman–Crippen LogP) is 5.76. The highest BCUT2D eigenvalue weighted by atomic mass is 127. The lowest BCUT2D eigenvalue weighted by Gasteiger charge is -2.14. The van der Waals surface area contributed by atoms with Crippen LogP contribution in [-0.4, -0.2) is 34.0 Å². The maximum absolute atomic E-state index is 13.5. The number of fused-ring (bicyclic) bond motifs is 1. The molecule has 0 spiro atoms. The Kier molecular flexibility index (Phi) is 8.43. The van der Waals surface area contributed by atoms with Crippen molar-refractivity contribution >= 4 is 50.7 Å². The maximum Gasteiger partial charge on any atom is 0.141 e. The summed E-state index contributed by atoms with van der Waals surface area (Å²) in [5.74, 6) is 1.13. The van der Waals surface area contributed by atoms with Gasteiger partial charge in [-0.05, 0) is 60.5 Å². The van der Waals surface area contributed by atoms with Crippen LogP contribution in [0.15, 0.2) is 72.1 Å². The number of hydrogen-bond acceptors (Lipinski definition) is 7. The molecular weight excluding hydrogens is 562 g/mol. The number of ether oxygens (including phenoxy) is 1. The number of aliphatic hydroxyl groups excluding tert-OH is 1. The first-order valence-electron chi connectivity index (χ1n) is 10.9. The SMILES string of the molecule is C/C(=N\OCCO)c1ccc2ncnc(Nc3ccc(OCc4cccc(F)c4)c(CI)c3)c2c1. The Morgan fingerprint density at radius 2 is 2.00 bits per heavy atom. The lowest BCUT2D eigenvalue weighted by molar-refractivity contribution is 0.0986. The van der Waals surface area contributed by atoms with Crippen molar-refractivity contribution in [3.63, 3.8) is 0 Å². The smallest absolute Gasteiger partial charge is 0.141 e. The number of aliphatic hydroxyl groups is 1. The Bertz CT molecular complexity index is 1350. The molecule has 9 heteroatoms. The molecule has 0 radical (unpaired) electrons. The van der Waals surface area contributed by atoms with Crippen molar-refractivity contribution in [2.24, 2.45) is 5.16 Å². The second-order valence-corrected chi connectivity index (χ2v) is 8.45. The minimum atomic E-state index is -0.279. The van der Waals surface area contributed by atoms with Crippen LogP contribution in [0, 0.1) is 5.82 Å². The van der Waals surface area contributed by atoms with E-state index in [-0.39, 0.29) is 25.6 Å². The molecule has 1 heterocycles. The van der Waals surface area contributed by atoms with Crippen molar-refractivity contribution in [1.82, 2.24) is 9.97 Å². The summed E-state index contributed by atoms with van der Waals surface area (Å²) in [5, 5.41) is 17.1. The molecular formula is C26H24FIN4O3. The Balaban J connectivity index is 1.56. The highest BCUT2D eigenvalue weighted by Crippen LogP contribution is 2.29. The van der Waals surface area contributed by atoms with E-state index >= 15 is 0 Å². The van der Waals surface area contributed by atoms with Crippen LogP contribution in [0.25, 0.3) is 10.9 Å². The van der Waals surface area contributed by atoms with E-state index in [1.165, 1.54) is 18.5 Å². The quantitative estimate of drug-likeness (QED) is 0.0808. The number of nitrogens with zero attached hydrogens (tertiary/aromatic N) is 3. The van der Waals surface area contributed by atoms with Crippen LogP contribution in [0.4, 0.5) is 15.9 Å². The van der Waals surface area contributed by atoms with E-state index in [2.05, 4.69) is 43.0 Å². The zero-order chi connectivity index (χ0) is 24.6. The van der Waals surface area contributed by atoms with E-state index in [0.717, 1.165) is 43.5 Å². The van der Waals surface area contributed by atoms with Gasteiger partial charge < -0.3 is 20.0 Å². The standard InChI is InChI=1S/C26H24FIN4O3/c1-17(32-35-10-9-33)19-5-7-24-23(13-19)26(30-16-29-24)31-22-6-8-25(20(12-22)14-28)34-15-18-3-2-4-21(27)11-18/h2-8,11-13,16,33H,9-10,14-15H2,1H3,(H,29,30,31)/b32-17+. The highest BCUT2D eigenvalue weighted by molar-refractivity contribution is 14.1. The molecule has 4 rings (SSSR count). The van der Waals surface area contributed by atoms with Crippen molar-refractivity contribution < 1.29 is 19.1 Å². The second-order valence-electron chi connectivity index (χ2n) is 7.69. The Morgan fingerprint density at radius 3 is 2.80 bits per heavy atom. The van der Waals surface area contributed by atoms with Gasteiger partial charge in [0.15, 0.2) is 0 Å². The molecule has 4 aromatic rings. The Morgan fingerprint density at radius 1 is 1.11 bits per heavy atom. The van der Waals surface area contributed by atoms with Crippen molar-refractivity contribution in [2.75, 3.05) is 18.5 Å². The summed E-state index contributed by atoms with van der Waals surface area (Å²) < 4.78 is 20.2. The second kappa shape index (κ2) is 11.9. The zero-order valence-electron chi connectivity index (χ0n) is 19.0. The fourth-order valence-electron chi connectivity index (χ4n) is 3.44. The van der Waals surface area contributed by atoms with Gasteiger partial charge in [0.25, 0.3) is 0 Å². The van der Waals surface area contributed by atoms with Gasteiger partial charge in [0.1, 0.15) is 36.9 Å². The van der Waals surface area contributed by atoms with E-state index in [4.69, 9.17) is 14.7 Å². The van der Waals surface area contributed by atoms with Gasteiger partial charge >= 0.3 is 0 Å². The predicted molar refractivity (Wildman–Crippen MR) is 143 cm³/mol. The number of alkyl halides is 1. The summed E-state index contributed by atoms with van der Waals surface area (Å²) in [7, 11) is 0. The fourth-order valence-corrected chi connectivity index (χ4v) is 4.04. The van der Waals surface area contributed by atoms with Crippen molar-refractivity contribution in [3.8, 4) is 5.75 Å². The molecule has 0 aliphatic heterocycles. The van der Waals surface area contributed by atoms with E-state index in [9.17, 15) is 4.39 Å². The Hall–Kier alpha value is -3.31. The number of hydrogen-bond donors (Lipinski definition) is 2. The average molecular weight is 586 g/mol. The van der Waals surface area contributed by atoms with E-state index in [1.807, 2.05) is 49.4 Å². The number of halogens is 2. The summed E-state index contributed by atoms with van der Waals surface area (Å²) in [6.07, 6.45) is 1.52. The first-order chi connectivity index (χ1) is 17.1. The van der Waals surface area contributed by atoms with Crippen molar-refractivity contribution in [1.29, 1.82) is 0 Å². The van der Waals surface area contributed by atoms with Crippen molar-refractivity contribution in [2.45, 2.75) is 18.0 Å². The molecule has 2 N–H and O–H groups in total. The van der Waals surface area contributed by atoms with Gasteiger partial charge in [-0.2, -0.15) is 0 Å². The number of benzene rings is 3. The van der Waals surface area contributed by atoms with Crippen LogP contribution in [0.1, 0.15) is 23.6 Å². The molecule has 0 aliphatic rings. The van der Waals surface area contributed by atoms with Gasteiger partial charge in [-0.15, -0.1) is 0 Å². The molecule has 0 amide bonds. The highest BCUT2D eigenvalue weighted by Gasteiger charge is 2.10. The molecule has 3 aromatic carbocycles. The number of rotatable bonds is 10. The minimum Gasteiger partial charge on any atom is -0.489 e. The van der Waals surface area contributed by atoms with E-state index in [0.29, 0.717) is 11.5 Å². The molecule has 0 unspecified atom stereocenters. The zero-order valence-corrected chi connectivity index (χ0v) is 21.2. The normalized spacial score (nSPS) is 11.5. The molecule has 0 atom stereocenters.